The van der Waals surface area contributed by atoms with Gasteiger partial charge >= 0.3 is 0 Å². The number of rotatable bonds is 0. The van der Waals surface area contributed by atoms with Gasteiger partial charge in [0, 0.05) is 0 Å². The molecule has 8 heavy (non-hydrogen) atoms. The van der Waals surface area contributed by atoms with Gasteiger partial charge in [-0.15, -0.1) is 0 Å². The molecule has 0 aliphatic heterocycles. The van der Waals surface area contributed by atoms with Crippen molar-refractivity contribution in [1.29, 1.82) is 0 Å². The number of anilines is 1. The topological polar surface area (TPSA) is 26.0 Å². The van der Waals surface area contributed by atoms with Gasteiger partial charge in [-0.2, -0.15) is 0 Å². The van der Waals surface area contributed by atoms with Crippen molar-refractivity contribution in [2.24, 2.45) is 0 Å². The van der Waals surface area contributed by atoms with E-state index in [1.165, 1.54) is 0 Å². The summed E-state index contributed by atoms with van der Waals surface area (Å²) in [5.41, 5.74) is 5.98. The molecule has 0 heterocycles. The second-order valence-electron chi connectivity index (χ2n) is 1.39. The summed E-state index contributed by atoms with van der Waals surface area (Å²) < 4.78 is 1.04. The van der Waals surface area contributed by atoms with E-state index in [0.29, 0.717) is 5.69 Å². The van der Waals surface area contributed by atoms with Crippen LogP contribution in [0.2, 0.25) is 0 Å². The maximum atomic E-state index is 5.34. The summed E-state index contributed by atoms with van der Waals surface area (Å²) in [6.45, 7) is 0. The Kier molecular flexibility index (Phi) is 1.59. The molecule has 1 rings (SSSR count). The standard InChI is InChI=1S/C6H4IN/c7-5-1-3-6(8)4-2-5/h1,3H,8H2. The fourth-order valence-electron chi connectivity index (χ4n) is 0.378. The van der Waals surface area contributed by atoms with Crippen molar-refractivity contribution in [2.45, 2.75) is 0 Å². The van der Waals surface area contributed by atoms with Crippen LogP contribution in [0.4, 0.5) is 5.69 Å². The van der Waals surface area contributed by atoms with E-state index >= 15 is 0 Å². The number of halogens is 1. The highest BCUT2D eigenvalue weighted by Gasteiger charge is 1.79. The Morgan fingerprint density at radius 3 is 2.50 bits per heavy atom. The largest absolute Gasteiger partial charge is 0.392 e. The van der Waals surface area contributed by atoms with Gasteiger partial charge in [-0.05, 0) is 40.8 Å². The first kappa shape index (κ1) is 5.70. The van der Waals surface area contributed by atoms with Gasteiger partial charge in [0.25, 0.3) is 0 Å². The van der Waals surface area contributed by atoms with Crippen LogP contribution in [0.1, 0.15) is 0 Å². The second kappa shape index (κ2) is 2.23. The number of nitrogen functional groups attached to an aromatic ring is 1. The van der Waals surface area contributed by atoms with Crippen molar-refractivity contribution in [3.8, 4) is 0 Å². The first-order valence-electron chi connectivity index (χ1n) is 2.14. The molecule has 0 bridgehead atoms. The SMILES string of the molecule is Nc1c#cc(I)cc1. The van der Waals surface area contributed by atoms with Crippen molar-refractivity contribution >= 4 is 28.3 Å². The van der Waals surface area contributed by atoms with Gasteiger partial charge < -0.3 is 5.73 Å². The molecule has 0 fully saturated rings. The third-order valence-electron chi connectivity index (χ3n) is 0.735. The van der Waals surface area contributed by atoms with Crippen molar-refractivity contribution in [3.63, 3.8) is 0 Å². The molecule has 1 aromatic rings. The van der Waals surface area contributed by atoms with Crippen LogP contribution >= 0.6 is 22.6 Å². The molecule has 2 N–H and O–H groups in total. The molecule has 1 nitrogen and oxygen atoms in total. The summed E-state index contributed by atoms with van der Waals surface area (Å²) in [4.78, 5) is 0. The predicted octanol–water partition coefficient (Wildman–Crippen LogP) is 1.47. The second-order valence-corrected chi connectivity index (χ2v) is 2.55. The van der Waals surface area contributed by atoms with Gasteiger partial charge in [-0.1, -0.05) is 6.07 Å². The van der Waals surface area contributed by atoms with E-state index in [1.54, 1.807) is 6.07 Å². The molecule has 0 atom stereocenters. The highest BCUT2D eigenvalue weighted by Crippen LogP contribution is 2.00. The van der Waals surface area contributed by atoms with Crippen molar-refractivity contribution in [3.05, 3.63) is 27.8 Å². The summed E-state index contributed by atoms with van der Waals surface area (Å²) in [7, 11) is 0. The first-order chi connectivity index (χ1) is 3.79. The molecular formula is C6H4IN. The van der Waals surface area contributed by atoms with E-state index < -0.39 is 0 Å². The first-order valence-corrected chi connectivity index (χ1v) is 3.22. The molecule has 2 heteroatoms. The van der Waals surface area contributed by atoms with E-state index in [0.717, 1.165) is 3.57 Å². The molecule has 40 valence electrons. The summed E-state index contributed by atoms with van der Waals surface area (Å²) >= 11 is 2.15. The fraction of sp³-hybridized carbons (Fsp3) is 0. The van der Waals surface area contributed by atoms with E-state index in [1.807, 2.05) is 6.07 Å². The molecule has 0 aliphatic rings. The molecule has 0 amide bonds. The minimum Gasteiger partial charge on any atom is -0.392 e. The van der Waals surface area contributed by atoms with Crippen LogP contribution in [0.25, 0.3) is 0 Å². The minimum absolute atomic E-state index is 0.644. The average molecular weight is 217 g/mol. The van der Waals surface area contributed by atoms with Gasteiger partial charge in [-0.3, -0.25) is 0 Å². The molecule has 1 aromatic carbocycles. The van der Waals surface area contributed by atoms with Crippen LogP contribution in [-0.4, -0.2) is 0 Å². The maximum absolute atomic E-state index is 5.34. The van der Waals surface area contributed by atoms with Crippen LogP contribution in [-0.2, 0) is 0 Å². The van der Waals surface area contributed by atoms with Crippen LogP contribution in [0.15, 0.2) is 12.1 Å². The van der Waals surface area contributed by atoms with Crippen molar-refractivity contribution in [2.75, 3.05) is 5.73 Å². The summed E-state index contributed by atoms with van der Waals surface area (Å²) in [6, 6.07) is 9.28. The fourth-order valence-corrected chi connectivity index (χ4v) is 0.693. The van der Waals surface area contributed by atoms with Gasteiger partial charge in [0.05, 0.1) is 9.26 Å². The molecule has 0 spiro atoms. The molecule has 0 radical (unpaired) electrons. The number of hydrogen-bond donors (Lipinski definition) is 1. The van der Waals surface area contributed by atoms with E-state index in [2.05, 4.69) is 34.7 Å². The molecular weight excluding hydrogens is 213 g/mol. The summed E-state index contributed by atoms with van der Waals surface area (Å²) in [5.74, 6) is 0. The Labute approximate surface area is 62.0 Å². The molecule has 0 saturated carbocycles. The zero-order valence-electron chi connectivity index (χ0n) is 4.11. The lowest BCUT2D eigenvalue weighted by atomic mass is 10.4. The Bertz CT molecular complexity index is 147. The molecule has 0 aromatic heterocycles. The molecule has 0 saturated heterocycles. The van der Waals surface area contributed by atoms with Crippen molar-refractivity contribution in [1.82, 2.24) is 0 Å². The van der Waals surface area contributed by atoms with E-state index in [-0.39, 0.29) is 0 Å². The summed E-state index contributed by atoms with van der Waals surface area (Å²) in [5, 5.41) is 0. The zero-order chi connectivity index (χ0) is 5.98. The molecule has 0 aliphatic carbocycles. The maximum Gasteiger partial charge on any atom is 0.0831 e. The quantitative estimate of drug-likeness (QED) is 0.654. The third-order valence-corrected chi connectivity index (χ3v) is 1.36. The van der Waals surface area contributed by atoms with E-state index in [4.69, 9.17) is 5.73 Å². The summed E-state index contributed by atoms with van der Waals surface area (Å²) in [6.07, 6.45) is 0. The monoisotopic (exact) mass is 217 g/mol. The highest BCUT2D eigenvalue weighted by atomic mass is 127. The van der Waals surface area contributed by atoms with Crippen LogP contribution in [0.5, 0.6) is 0 Å². The van der Waals surface area contributed by atoms with Gasteiger partial charge in [-0.25, -0.2) is 0 Å². The lowest BCUT2D eigenvalue weighted by Gasteiger charge is -1.81. The van der Waals surface area contributed by atoms with Crippen LogP contribution < -0.4 is 5.73 Å². The minimum atomic E-state index is 0.644. The lowest BCUT2D eigenvalue weighted by Crippen LogP contribution is -1.79. The van der Waals surface area contributed by atoms with Gasteiger partial charge in [0.2, 0.25) is 0 Å². The van der Waals surface area contributed by atoms with Gasteiger partial charge in [0.15, 0.2) is 0 Å². The third kappa shape index (κ3) is 1.27. The number of nitrogens with two attached hydrogens (primary N) is 1. The Morgan fingerprint density at radius 1 is 1.38 bits per heavy atom. The Hall–Kier alpha value is -0.430. The lowest BCUT2D eigenvalue weighted by molar-refractivity contribution is 1.67. The average Bonchev–Trinajstić information content (AvgIpc) is 1.77. The van der Waals surface area contributed by atoms with Gasteiger partial charge in [0.1, 0.15) is 0 Å². The smallest absolute Gasteiger partial charge is 0.0831 e. The van der Waals surface area contributed by atoms with E-state index in [9.17, 15) is 0 Å². The van der Waals surface area contributed by atoms with Crippen molar-refractivity contribution < 1.29 is 0 Å². The van der Waals surface area contributed by atoms with Crippen LogP contribution in [0.3, 0.4) is 0 Å². The molecule has 0 unspecified atom stereocenters. The Morgan fingerprint density at radius 2 is 2.12 bits per heavy atom. The predicted molar refractivity (Wildman–Crippen MR) is 41.2 cm³/mol. The Balaban J connectivity index is 3.03. The highest BCUT2D eigenvalue weighted by molar-refractivity contribution is 14.1. The van der Waals surface area contributed by atoms with Crippen LogP contribution in [0, 0.1) is 15.7 Å². The normalized spacial score (nSPS) is 8.12. The number of hydrogen-bond acceptors (Lipinski definition) is 1. The zero-order valence-corrected chi connectivity index (χ0v) is 6.27.